The second kappa shape index (κ2) is 7.87. The topological polar surface area (TPSA) is 26.7 Å². The van der Waals surface area contributed by atoms with Crippen LogP contribution in [0.15, 0.2) is 24.3 Å². The van der Waals surface area contributed by atoms with E-state index >= 15 is 0 Å². The molecule has 1 aromatic rings. The zero-order valence-corrected chi connectivity index (χ0v) is 13.1. The van der Waals surface area contributed by atoms with Gasteiger partial charge >= 0.3 is 0 Å². The molecule has 1 N–H and O–H groups in total. The molecule has 0 amide bonds. The summed E-state index contributed by atoms with van der Waals surface area (Å²) in [7, 11) is 0. The molecule has 1 heterocycles. The predicted octanol–water partition coefficient (Wildman–Crippen LogP) is 2.32. The van der Waals surface area contributed by atoms with Crippen LogP contribution in [0.2, 0.25) is 0 Å². The Balaban J connectivity index is 1.81. The van der Waals surface area contributed by atoms with Gasteiger partial charge in [0.2, 0.25) is 0 Å². The number of aliphatic hydroxyl groups is 1. The van der Waals surface area contributed by atoms with E-state index in [0.29, 0.717) is 12.0 Å². The van der Waals surface area contributed by atoms with Gasteiger partial charge in [-0.2, -0.15) is 0 Å². The molecular formula is C17H27FN2O. The molecule has 0 spiro atoms. The number of hydrogen-bond donors (Lipinski definition) is 1. The normalized spacial score (nSPS) is 20.4. The van der Waals surface area contributed by atoms with Crippen LogP contribution < -0.4 is 0 Å². The standard InChI is InChI=1S/C17H27FN2O/c1-3-17(13-21)20-10-8-19(9-11-20)12-14(2)15-4-6-16(18)7-5-15/h4-7,14,17,21H,3,8-13H2,1-2H3/t14-,17+/m0/s1. The van der Waals surface area contributed by atoms with Gasteiger partial charge in [0.1, 0.15) is 5.82 Å². The fourth-order valence-electron chi connectivity index (χ4n) is 3.10. The third-order valence-corrected chi connectivity index (χ3v) is 4.58. The molecule has 2 atom stereocenters. The van der Waals surface area contributed by atoms with E-state index in [2.05, 4.69) is 23.6 Å². The van der Waals surface area contributed by atoms with Gasteiger partial charge in [-0.1, -0.05) is 26.0 Å². The van der Waals surface area contributed by atoms with Gasteiger partial charge < -0.3 is 10.0 Å². The van der Waals surface area contributed by atoms with Crippen molar-refractivity contribution >= 4 is 0 Å². The van der Waals surface area contributed by atoms with E-state index in [9.17, 15) is 9.50 Å². The Kier molecular flexibility index (Phi) is 6.15. The molecule has 0 saturated carbocycles. The number of hydrogen-bond acceptors (Lipinski definition) is 3. The quantitative estimate of drug-likeness (QED) is 0.872. The Hall–Kier alpha value is -0.970. The molecule has 0 unspecified atom stereocenters. The number of aliphatic hydroxyl groups excluding tert-OH is 1. The maximum atomic E-state index is 13.0. The van der Waals surface area contributed by atoms with Crippen LogP contribution in [0.4, 0.5) is 4.39 Å². The van der Waals surface area contributed by atoms with Crippen LogP contribution >= 0.6 is 0 Å². The van der Waals surface area contributed by atoms with Crippen molar-refractivity contribution in [1.29, 1.82) is 0 Å². The first-order chi connectivity index (χ1) is 10.1. The van der Waals surface area contributed by atoms with Crippen LogP contribution in [0, 0.1) is 5.82 Å². The Labute approximate surface area is 127 Å². The van der Waals surface area contributed by atoms with Crippen LogP contribution in [0.5, 0.6) is 0 Å². The Morgan fingerprint density at radius 3 is 2.29 bits per heavy atom. The number of piperazine rings is 1. The number of nitrogens with zero attached hydrogens (tertiary/aromatic N) is 2. The highest BCUT2D eigenvalue weighted by Crippen LogP contribution is 2.18. The molecule has 118 valence electrons. The second-order valence-corrected chi connectivity index (χ2v) is 6.03. The maximum absolute atomic E-state index is 13.0. The van der Waals surface area contributed by atoms with E-state index in [4.69, 9.17) is 0 Å². The van der Waals surface area contributed by atoms with E-state index in [0.717, 1.165) is 39.1 Å². The van der Waals surface area contributed by atoms with Gasteiger partial charge in [0.05, 0.1) is 6.61 Å². The second-order valence-electron chi connectivity index (χ2n) is 6.03. The Bertz CT molecular complexity index is 411. The van der Waals surface area contributed by atoms with Crippen LogP contribution in [0.1, 0.15) is 31.7 Å². The van der Waals surface area contributed by atoms with Crippen molar-refractivity contribution in [2.75, 3.05) is 39.3 Å². The van der Waals surface area contributed by atoms with E-state index in [1.54, 1.807) is 0 Å². The lowest BCUT2D eigenvalue weighted by Gasteiger charge is -2.39. The summed E-state index contributed by atoms with van der Waals surface area (Å²) in [5.74, 6) is 0.242. The van der Waals surface area contributed by atoms with Crippen molar-refractivity contribution in [2.45, 2.75) is 32.2 Å². The first-order valence-corrected chi connectivity index (χ1v) is 7.96. The van der Waals surface area contributed by atoms with Crippen LogP contribution in [-0.2, 0) is 0 Å². The summed E-state index contributed by atoms with van der Waals surface area (Å²) in [6.07, 6.45) is 1.00. The number of benzene rings is 1. The summed E-state index contributed by atoms with van der Waals surface area (Å²) in [5.41, 5.74) is 1.20. The molecule has 1 fully saturated rings. The summed E-state index contributed by atoms with van der Waals surface area (Å²) in [6.45, 7) is 9.72. The monoisotopic (exact) mass is 294 g/mol. The van der Waals surface area contributed by atoms with E-state index in [1.807, 2.05) is 12.1 Å². The highest BCUT2D eigenvalue weighted by Gasteiger charge is 2.23. The molecule has 3 nitrogen and oxygen atoms in total. The van der Waals surface area contributed by atoms with Crippen LogP contribution in [0.3, 0.4) is 0 Å². The van der Waals surface area contributed by atoms with Gasteiger partial charge in [0, 0.05) is 38.8 Å². The number of rotatable bonds is 6. The van der Waals surface area contributed by atoms with Gasteiger partial charge in [-0.05, 0) is 30.0 Å². The van der Waals surface area contributed by atoms with Gasteiger partial charge in [0.15, 0.2) is 0 Å². The van der Waals surface area contributed by atoms with Gasteiger partial charge in [-0.25, -0.2) is 4.39 Å². The van der Waals surface area contributed by atoms with Crippen molar-refractivity contribution in [1.82, 2.24) is 9.80 Å². The van der Waals surface area contributed by atoms with Crippen LogP contribution in [0.25, 0.3) is 0 Å². The van der Waals surface area contributed by atoms with Crippen molar-refractivity contribution < 1.29 is 9.50 Å². The summed E-state index contributed by atoms with van der Waals surface area (Å²) in [5, 5.41) is 9.37. The third kappa shape index (κ3) is 4.50. The SMILES string of the molecule is CC[C@H](CO)N1CCN(C[C@H](C)c2ccc(F)cc2)CC1. The molecule has 1 aromatic carbocycles. The predicted molar refractivity (Wildman–Crippen MR) is 84.0 cm³/mol. The lowest BCUT2D eigenvalue weighted by molar-refractivity contribution is 0.0618. The zero-order valence-electron chi connectivity index (χ0n) is 13.1. The summed E-state index contributed by atoms with van der Waals surface area (Å²) in [6, 6.07) is 7.15. The minimum atomic E-state index is -0.172. The van der Waals surface area contributed by atoms with Crippen LogP contribution in [-0.4, -0.2) is 60.3 Å². The Morgan fingerprint density at radius 1 is 1.14 bits per heavy atom. The summed E-state index contributed by atoms with van der Waals surface area (Å²) < 4.78 is 13.0. The highest BCUT2D eigenvalue weighted by atomic mass is 19.1. The lowest BCUT2D eigenvalue weighted by atomic mass is 10.00. The summed E-state index contributed by atoms with van der Waals surface area (Å²) in [4.78, 5) is 4.85. The van der Waals surface area contributed by atoms with Crippen molar-refractivity contribution in [3.05, 3.63) is 35.6 Å². The average Bonchev–Trinajstić information content (AvgIpc) is 2.51. The van der Waals surface area contributed by atoms with E-state index in [-0.39, 0.29) is 12.4 Å². The maximum Gasteiger partial charge on any atom is 0.123 e. The zero-order chi connectivity index (χ0) is 15.2. The molecule has 0 bridgehead atoms. The molecule has 1 saturated heterocycles. The summed E-state index contributed by atoms with van der Waals surface area (Å²) >= 11 is 0. The molecule has 21 heavy (non-hydrogen) atoms. The average molecular weight is 294 g/mol. The molecule has 0 aliphatic carbocycles. The van der Waals surface area contributed by atoms with Crippen molar-refractivity contribution in [3.8, 4) is 0 Å². The largest absolute Gasteiger partial charge is 0.395 e. The van der Waals surface area contributed by atoms with Crippen molar-refractivity contribution in [3.63, 3.8) is 0 Å². The fourth-order valence-corrected chi connectivity index (χ4v) is 3.10. The molecule has 2 rings (SSSR count). The lowest BCUT2D eigenvalue weighted by Crippen LogP contribution is -2.51. The third-order valence-electron chi connectivity index (χ3n) is 4.58. The molecule has 0 radical (unpaired) electrons. The minimum Gasteiger partial charge on any atom is -0.395 e. The Morgan fingerprint density at radius 2 is 1.76 bits per heavy atom. The molecule has 4 heteroatoms. The molecule has 1 aliphatic heterocycles. The fraction of sp³-hybridized carbons (Fsp3) is 0.647. The van der Waals surface area contributed by atoms with Gasteiger partial charge in [-0.3, -0.25) is 4.90 Å². The first kappa shape index (κ1) is 16.4. The molecule has 1 aliphatic rings. The molecule has 0 aromatic heterocycles. The van der Waals surface area contributed by atoms with E-state index < -0.39 is 0 Å². The minimum absolute atomic E-state index is 0.172. The van der Waals surface area contributed by atoms with Gasteiger partial charge in [-0.15, -0.1) is 0 Å². The molecular weight excluding hydrogens is 267 g/mol. The van der Waals surface area contributed by atoms with Gasteiger partial charge in [0.25, 0.3) is 0 Å². The first-order valence-electron chi connectivity index (χ1n) is 7.96. The smallest absolute Gasteiger partial charge is 0.123 e. The van der Waals surface area contributed by atoms with Crippen molar-refractivity contribution in [2.24, 2.45) is 0 Å². The van der Waals surface area contributed by atoms with E-state index in [1.165, 1.54) is 17.7 Å². The highest BCUT2D eigenvalue weighted by molar-refractivity contribution is 5.20. The number of halogens is 1.